The fourth-order valence-electron chi connectivity index (χ4n) is 1.58. The third kappa shape index (κ3) is 4.55. The zero-order valence-corrected chi connectivity index (χ0v) is 13.7. The van der Waals surface area contributed by atoms with Gasteiger partial charge in [0.1, 0.15) is 11.5 Å². The van der Waals surface area contributed by atoms with Crippen molar-refractivity contribution in [2.75, 3.05) is 6.61 Å². The fraction of sp³-hybridized carbons (Fsp3) is 0.600. The average molecular weight is 282 g/mol. The van der Waals surface area contributed by atoms with Gasteiger partial charge in [0.25, 0.3) is 0 Å². The summed E-state index contributed by atoms with van der Waals surface area (Å²) in [6, 6.07) is 4.63. The van der Waals surface area contributed by atoms with E-state index in [1.807, 2.05) is 0 Å². The van der Waals surface area contributed by atoms with Crippen LogP contribution in [0.5, 0.6) is 11.5 Å². The number of phenolic OH excluding ortho intramolecular Hbond substituents is 2. The second-order valence-electron chi connectivity index (χ2n) is 6.53. The monoisotopic (exact) mass is 282 g/mol. The Kier molecular flexibility index (Phi) is 5.04. The van der Waals surface area contributed by atoms with Gasteiger partial charge in [0, 0.05) is 6.61 Å². The number of rotatable bonds is 5. The first-order valence-electron chi connectivity index (χ1n) is 6.78. The van der Waals surface area contributed by atoms with Gasteiger partial charge in [-0.2, -0.15) is 0 Å². The van der Waals surface area contributed by atoms with Gasteiger partial charge >= 0.3 is 0 Å². The fourth-order valence-corrected chi connectivity index (χ4v) is 2.67. The third-order valence-electron chi connectivity index (χ3n) is 3.92. The molecule has 0 unspecified atom stereocenters. The van der Waals surface area contributed by atoms with E-state index in [4.69, 9.17) is 4.43 Å². The van der Waals surface area contributed by atoms with E-state index in [2.05, 4.69) is 33.9 Å². The predicted molar refractivity (Wildman–Crippen MR) is 81.2 cm³/mol. The molecule has 2 N–H and O–H groups in total. The quantitative estimate of drug-likeness (QED) is 0.486. The van der Waals surface area contributed by atoms with Gasteiger partial charge in [-0.15, -0.1) is 0 Å². The van der Waals surface area contributed by atoms with E-state index in [1.165, 1.54) is 12.1 Å². The van der Waals surface area contributed by atoms with Crippen molar-refractivity contribution < 1.29 is 14.6 Å². The maximum atomic E-state index is 9.68. The van der Waals surface area contributed by atoms with Crippen molar-refractivity contribution in [3.63, 3.8) is 0 Å². The van der Waals surface area contributed by atoms with E-state index in [0.717, 1.165) is 18.4 Å². The summed E-state index contributed by atoms with van der Waals surface area (Å²) < 4.78 is 6.08. The molecule has 0 amide bonds. The van der Waals surface area contributed by atoms with E-state index in [0.29, 0.717) is 6.61 Å². The van der Waals surface area contributed by atoms with Gasteiger partial charge in [-0.3, -0.25) is 0 Å². The standard InChI is InChI=1S/C15H26O3Si/c1-15(2,3)19(4,5)18-10-6-7-12-11-13(16)8-9-14(12)17/h8-9,11,16-17H,6-7,10H2,1-5H3. The molecule has 108 valence electrons. The Morgan fingerprint density at radius 3 is 2.37 bits per heavy atom. The van der Waals surface area contributed by atoms with Gasteiger partial charge in [-0.05, 0) is 54.7 Å². The van der Waals surface area contributed by atoms with Crippen LogP contribution < -0.4 is 0 Å². The lowest BCUT2D eigenvalue weighted by Crippen LogP contribution is -2.41. The van der Waals surface area contributed by atoms with Gasteiger partial charge in [0.2, 0.25) is 0 Å². The number of phenols is 2. The highest BCUT2D eigenvalue weighted by Gasteiger charge is 2.36. The summed E-state index contributed by atoms with van der Waals surface area (Å²) in [6.07, 6.45) is 1.57. The molecule has 0 aliphatic heterocycles. The molecule has 19 heavy (non-hydrogen) atoms. The van der Waals surface area contributed by atoms with Crippen LogP contribution in [0, 0.1) is 0 Å². The third-order valence-corrected chi connectivity index (χ3v) is 8.46. The molecule has 0 aliphatic carbocycles. The van der Waals surface area contributed by atoms with Crippen LogP contribution in [0.2, 0.25) is 18.1 Å². The maximum Gasteiger partial charge on any atom is 0.191 e. The SMILES string of the molecule is CC(C)(C)[Si](C)(C)OCCCc1cc(O)ccc1O. The number of aryl methyl sites for hydroxylation is 1. The molecule has 3 nitrogen and oxygen atoms in total. The molecule has 1 rings (SSSR count). The highest BCUT2D eigenvalue weighted by Crippen LogP contribution is 2.36. The number of hydrogen-bond donors (Lipinski definition) is 2. The first kappa shape index (κ1) is 16.1. The van der Waals surface area contributed by atoms with Gasteiger partial charge in [0.15, 0.2) is 8.32 Å². The van der Waals surface area contributed by atoms with Crippen LogP contribution in [0.3, 0.4) is 0 Å². The lowest BCUT2D eigenvalue weighted by molar-refractivity contribution is 0.282. The minimum atomic E-state index is -1.68. The Balaban J connectivity index is 2.45. The molecule has 0 fully saturated rings. The van der Waals surface area contributed by atoms with Crippen LogP contribution in [0.4, 0.5) is 0 Å². The van der Waals surface area contributed by atoms with E-state index in [1.54, 1.807) is 6.07 Å². The van der Waals surface area contributed by atoms with Crippen molar-refractivity contribution in [2.45, 2.75) is 51.7 Å². The molecule has 0 atom stereocenters. The summed E-state index contributed by atoms with van der Waals surface area (Å²) in [7, 11) is -1.68. The minimum absolute atomic E-state index is 0.193. The van der Waals surface area contributed by atoms with E-state index >= 15 is 0 Å². The summed E-state index contributed by atoms with van der Waals surface area (Å²) in [5.41, 5.74) is 0.777. The Bertz CT molecular complexity index is 422. The molecule has 0 radical (unpaired) electrons. The van der Waals surface area contributed by atoms with Crippen molar-refractivity contribution >= 4 is 8.32 Å². The van der Waals surface area contributed by atoms with Gasteiger partial charge in [-0.25, -0.2) is 0 Å². The molecule has 4 heteroatoms. The molecular weight excluding hydrogens is 256 g/mol. The van der Waals surface area contributed by atoms with Crippen molar-refractivity contribution in [1.29, 1.82) is 0 Å². The zero-order valence-electron chi connectivity index (χ0n) is 12.7. The molecule has 0 aliphatic rings. The number of aromatic hydroxyl groups is 2. The molecule has 1 aromatic carbocycles. The molecule has 0 saturated carbocycles. The molecule has 0 bridgehead atoms. The first-order valence-corrected chi connectivity index (χ1v) is 9.69. The summed E-state index contributed by atoms with van der Waals surface area (Å²) in [4.78, 5) is 0. The molecule has 1 aromatic rings. The van der Waals surface area contributed by atoms with Crippen LogP contribution in [-0.2, 0) is 10.8 Å². The Morgan fingerprint density at radius 1 is 1.16 bits per heavy atom. The molecular formula is C15H26O3Si. The molecule has 0 heterocycles. The summed E-state index contributed by atoms with van der Waals surface area (Å²) in [6.45, 7) is 11.8. The lowest BCUT2D eigenvalue weighted by atomic mass is 10.1. The van der Waals surface area contributed by atoms with Crippen LogP contribution in [0.25, 0.3) is 0 Å². The lowest BCUT2D eigenvalue weighted by Gasteiger charge is -2.36. The molecule has 0 saturated heterocycles. The predicted octanol–water partition coefficient (Wildman–Crippen LogP) is 4.05. The minimum Gasteiger partial charge on any atom is -0.508 e. The highest BCUT2D eigenvalue weighted by molar-refractivity contribution is 6.74. The topological polar surface area (TPSA) is 49.7 Å². The van der Waals surface area contributed by atoms with E-state index in [-0.39, 0.29) is 16.5 Å². The van der Waals surface area contributed by atoms with E-state index in [9.17, 15) is 10.2 Å². The molecule has 0 spiro atoms. The van der Waals surface area contributed by atoms with Crippen LogP contribution in [0.15, 0.2) is 18.2 Å². The second-order valence-corrected chi connectivity index (χ2v) is 11.3. The Morgan fingerprint density at radius 2 is 1.79 bits per heavy atom. The normalized spacial score (nSPS) is 12.7. The highest BCUT2D eigenvalue weighted by atomic mass is 28.4. The van der Waals surface area contributed by atoms with Crippen LogP contribution in [0.1, 0.15) is 32.8 Å². The van der Waals surface area contributed by atoms with Crippen LogP contribution in [-0.4, -0.2) is 25.1 Å². The number of hydrogen-bond acceptors (Lipinski definition) is 3. The summed E-state index contributed by atoms with van der Waals surface area (Å²) in [5.74, 6) is 0.434. The van der Waals surface area contributed by atoms with Crippen molar-refractivity contribution in [3.8, 4) is 11.5 Å². The van der Waals surface area contributed by atoms with Crippen molar-refractivity contribution in [1.82, 2.24) is 0 Å². The summed E-state index contributed by atoms with van der Waals surface area (Å²) >= 11 is 0. The van der Waals surface area contributed by atoms with E-state index < -0.39 is 8.32 Å². The molecule has 0 aromatic heterocycles. The van der Waals surface area contributed by atoms with Gasteiger partial charge in [0.05, 0.1) is 0 Å². The smallest absolute Gasteiger partial charge is 0.191 e. The Labute approximate surface area is 117 Å². The largest absolute Gasteiger partial charge is 0.508 e. The van der Waals surface area contributed by atoms with Crippen molar-refractivity contribution in [3.05, 3.63) is 23.8 Å². The average Bonchev–Trinajstić information content (AvgIpc) is 2.27. The maximum absolute atomic E-state index is 9.68. The van der Waals surface area contributed by atoms with Gasteiger partial charge < -0.3 is 14.6 Å². The van der Waals surface area contributed by atoms with Gasteiger partial charge in [-0.1, -0.05) is 20.8 Å². The number of benzene rings is 1. The summed E-state index contributed by atoms with van der Waals surface area (Å²) in [5, 5.41) is 19.3. The van der Waals surface area contributed by atoms with Crippen molar-refractivity contribution in [2.24, 2.45) is 0 Å². The first-order chi connectivity index (χ1) is 8.63. The zero-order chi connectivity index (χ0) is 14.7. The second kappa shape index (κ2) is 5.97. The van der Waals surface area contributed by atoms with Crippen LogP contribution >= 0.6 is 0 Å². The Hall–Kier alpha value is -1.00.